The number of nitrogens with zero attached hydrogens (tertiary/aromatic N) is 4. The van der Waals surface area contributed by atoms with Crippen LogP contribution in [-0.4, -0.2) is 44.2 Å². The number of aliphatic hydroxyl groups excluding tert-OH is 1. The number of thiazole rings is 1. The molecular formula is C27H23N5O3S. The fourth-order valence-electron chi connectivity index (χ4n) is 3.57. The number of rotatable bonds is 9. The lowest BCUT2D eigenvalue weighted by Crippen LogP contribution is -2.16. The number of fused-ring (bicyclic) bond motifs is 1. The highest BCUT2D eigenvalue weighted by atomic mass is 32.1. The molecule has 9 heteroatoms. The Morgan fingerprint density at radius 2 is 1.78 bits per heavy atom. The van der Waals surface area contributed by atoms with Gasteiger partial charge in [-0.1, -0.05) is 53.8 Å². The summed E-state index contributed by atoms with van der Waals surface area (Å²) in [6.07, 6.45) is 3.04. The van der Waals surface area contributed by atoms with Gasteiger partial charge in [0, 0.05) is 30.0 Å². The molecule has 0 spiro atoms. The van der Waals surface area contributed by atoms with Gasteiger partial charge in [-0.25, -0.2) is 15.0 Å². The van der Waals surface area contributed by atoms with Gasteiger partial charge in [0.2, 0.25) is 5.88 Å². The Morgan fingerprint density at radius 1 is 0.944 bits per heavy atom. The molecule has 1 amide bonds. The summed E-state index contributed by atoms with van der Waals surface area (Å²) in [6, 6.07) is 22.2. The standard InChI is InChI=1S/C27H23N5O3S/c33-15-6-7-16-35-23-17-22(29-24(32-23)18-9-2-1-3-10-18)25(34)30-20-12-5-4-11-19(20)26-31-21-13-8-14-28-27(21)36-26/h1-5,8-14,17,33H,6-7,15-16H2,(H,30,34). The maximum absolute atomic E-state index is 13.4. The normalized spacial score (nSPS) is 10.9. The van der Waals surface area contributed by atoms with Crippen LogP contribution < -0.4 is 10.1 Å². The van der Waals surface area contributed by atoms with E-state index in [9.17, 15) is 4.79 Å². The largest absolute Gasteiger partial charge is 0.478 e. The van der Waals surface area contributed by atoms with E-state index in [4.69, 9.17) is 9.84 Å². The van der Waals surface area contributed by atoms with E-state index in [1.54, 1.807) is 6.20 Å². The van der Waals surface area contributed by atoms with Crippen molar-refractivity contribution in [3.63, 3.8) is 0 Å². The molecule has 5 aromatic rings. The topological polar surface area (TPSA) is 110 Å². The zero-order valence-corrected chi connectivity index (χ0v) is 20.1. The fraction of sp³-hybridized carbons (Fsp3) is 0.148. The Hall–Kier alpha value is -4.21. The van der Waals surface area contributed by atoms with Crippen LogP contribution in [0.5, 0.6) is 5.88 Å². The summed E-state index contributed by atoms with van der Waals surface area (Å²) in [5.74, 6) is 0.310. The summed E-state index contributed by atoms with van der Waals surface area (Å²) in [7, 11) is 0. The van der Waals surface area contributed by atoms with Crippen molar-refractivity contribution in [2.24, 2.45) is 0 Å². The van der Waals surface area contributed by atoms with Crippen molar-refractivity contribution in [1.82, 2.24) is 19.9 Å². The molecule has 0 radical (unpaired) electrons. The number of aliphatic hydroxyl groups is 1. The van der Waals surface area contributed by atoms with Crippen LogP contribution in [0.15, 0.2) is 79.0 Å². The summed E-state index contributed by atoms with van der Waals surface area (Å²) >= 11 is 1.47. The van der Waals surface area contributed by atoms with E-state index in [1.807, 2.05) is 66.7 Å². The Balaban J connectivity index is 1.45. The van der Waals surface area contributed by atoms with Crippen molar-refractivity contribution in [3.8, 4) is 27.8 Å². The van der Waals surface area contributed by atoms with Crippen molar-refractivity contribution in [2.75, 3.05) is 18.5 Å². The number of aromatic nitrogens is 4. The second kappa shape index (κ2) is 11.0. The van der Waals surface area contributed by atoms with Gasteiger partial charge in [-0.3, -0.25) is 4.79 Å². The third-order valence-corrected chi connectivity index (χ3v) is 6.35. The van der Waals surface area contributed by atoms with Crippen LogP contribution in [0.2, 0.25) is 0 Å². The Bertz CT molecular complexity index is 1460. The molecule has 0 unspecified atom stereocenters. The van der Waals surface area contributed by atoms with E-state index >= 15 is 0 Å². The van der Waals surface area contributed by atoms with Gasteiger partial charge in [-0.2, -0.15) is 4.98 Å². The Kier molecular flexibility index (Phi) is 7.20. The molecular weight excluding hydrogens is 474 g/mol. The molecule has 0 saturated heterocycles. The lowest BCUT2D eigenvalue weighted by atomic mass is 10.1. The van der Waals surface area contributed by atoms with Gasteiger partial charge in [0.05, 0.1) is 12.3 Å². The van der Waals surface area contributed by atoms with Crippen molar-refractivity contribution in [2.45, 2.75) is 12.8 Å². The second-order valence-corrected chi connectivity index (χ2v) is 8.88. The van der Waals surface area contributed by atoms with Crippen LogP contribution in [-0.2, 0) is 0 Å². The average molecular weight is 498 g/mol. The van der Waals surface area contributed by atoms with Gasteiger partial charge in [-0.15, -0.1) is 0 Å². The van der Waals surface area contributed by atoms with Crippen LogP contribution >= 0.6 is 11.3 Å². The van der Waals surface area contributed by atoms with Crippen molar-refractivity contribution in [1.29, 1.82) is 0 Å². The number of unbranched alkanes of at least 4 members (excludes halogenated alkanes) is 1. The molecule has 5 rings (SSSR count). The predicted molar refractivity (Wildman–Crippen MR) is 140 cm³/mol. The molecule has 0 bridgehead atoms. The quantitative estimate of drug-likeness (QED) is 0.269. The first-order chi connectivity index (χ1) is 17.7. The molecule has 2 aromatic carbocycles. The number of hydrogen-bond acceptors (Lipinski definition) is 8. The third kappa shape index (κ3) is 5.37. The van der Waals surface area contributed by atoms with Gasteiger partial charge in [0.25, 0.3) is 5.91 Å². The molecule has 2 N–H and O–H groups in total. The SMILES string of the molecule is O=C(Nc1ccccc1-c1nc2cccnc2s1)c1cc(OCCCCO)nc(-c2ccccc2)n1. The molecule has 0 saturated carbocycles. The molecule has 36 heavy (non-hydrogen) atoms. The number of para-hydroxylation sites is 1. The number of ether oxygens (including phenoxy) is 1. The van der Waals surface area contributed by atoms with Crippen molar-refractivity contribution >= 4 is 33.3 Å². The van der Waals surface area contributed by atoms with Gasteiger partial charge in [-0.05, 0) is 37.1 Å². The number of carbonyl (C=O) groups is 1. The first-order valence-electron chi connectivity index (χ1n) is 11.5. The molecule has 0 aliphatic rings. The lowest BCUT2D eigenvalue weighted by molar-refractivity contribution is 0.102. The van der Waals surface area contributed by atoms with Crippen molar-refractivity contribution < 1.29 is 14.6 Å². The summed E-state index contributed by atoms with van der Waals surface area (Å²) in [4.78, 5) is 32.3. The number of pyridine rings is 1. The number of amides is 1. The first kappa shape index (κ1) is 23.5. The van der Waals surface area contributed by atoms with Crippen LogP contribution in [0.25, 0.3) is 32.3 Å². The zero-order chi connectivity index (χ0) is 24.7. The number of nitrogens with one attached hydrogen (secondary N) is 1. The number of carbonyl (C=O) groups excluding carboxylic acids is 1. The average Bonchev–Trinajstić information content (AvgIpc) is 3.36. The highest BCUT2D eigenvalue weighted by molar-refractivity contribution is 7.21. The predicted octanol–water partition coefficient (Wildman–Crippen LogP) is 5.22. The summed E-state index contributed by atoms with van der Waals surface area (Å²) < 4.78 is 5.78. The monoisotopic (exact) mass is 497 g/mol. The molecule has 0 atom stereocenters. The maximum Gasteiger partial charge on any atom is 0.274 e. The van der Waals surface area contributed by atoms with Crippen LogP contribution in [0.3, 0.4) is 0 Å². The minimum Gasteiger partial charge on any atom is -0.478 e. The molecule has 3 heterocycles. The minimum atomic E-state index is -0.388. The molecule has 8 nitrogen and oxygen atoms in total. The van der Waals surface area contributed by atoms with E-state index < -0.39 is 0 Å². The number of hydrogen-bond donors (Lipinski definition) is 2. The lowest BCUT2D eigenvalue weighted by Gasteiger charge is -2.12. The van der Waals surface area contributed by atoms with E-state index in [1.165, 1.54) is 17.4 Å². The summed E-state index contributed by atoms with van der Waals surface area (Å²) in [5.41, 5.74) is 3.18. The van der Waals surface area contributed by atoms with Crippen LogP contribution in [0.4, 0.5) is 5.69 Å². The highest BCUT2D eigenvalue weighted by Crippen LogP contribution is 2.34. The van der Waals surface area contributed by atoms with Gasteiger partial charge in [0.1, 0.15) is 21.0 Å². The molecule has 0 aliphatic carbocycles. The van der Waals surface area contributed by atoms with Gasteiger partial charge < -0.3 is 15.2 Å². The first-order valence-corrected chi connectivity index (χ1v) is 12.3. The van der Waals surface area contributed by atoms with Crippen molar-refractivity contribution in [3.05, 3.63) is 84.7 Å². The van der Waals surface area contributed by atoms with E-state index in [0.29, 0.717) is 36.8 Å². The Labute approximate surface area is 211 Å². The van der Waals surface area contributed by atoms with Gasteiger partial charge in [0.15, 0.2) is 5.82 Å². The third-order valence-electron chi connectivity index (χ3n) is 5.34. The van der Waals surface area contributed by atoms with E-state index in [0.717, 1.165) is 26.5 Å². The molecule has 0 fully saturated rings. The smallest absolute Gasteiger partial charge is 0.274 e. The highest BCUT2D eigenvalue weighted by Gasteiger charge is 2.17. The van der Waals surface area contributed by atoms with E-state index in [-0.39, 0.29) is 18.2 Å². The second-order valence-electron chi connectivity index (χ2n) is 7.91. The zero-order valence-electron chi connectivity index (χ0n) is 19.3. The van der Waals surface area contributed by atoms with E-state index in [2.05, 4.69) is 25.3 Å². The number of benzene rings is 2. The Morgan fingerprint density at radius 3 is 2.61 bits per heavy atom. The number of anilines is 1. The van der Waals surface area contributed by atoms with Crippen LogP contribution in [0.1, 0.15) is 23.3 Å². The van der Waals surface area contributed by atoms with Gasteiger partial charge >= 0.3 is 0 Å². The molecule has 180 valence electrons. The minimum absolute atomic E-state index is 0.0974. The summed E-state index contributed by atoms with van der Waals surface area (Å²) in [5, 5.41) is 12.8. The molecule has 0 aliphatic heterocycles. The molecule has 3 aromatic heterocycles. The summed E-state index contributed by atoms with van der Waals surface area (Å²) in [6.45, 7) is 0.474. The maximum atomic E-state index is 13.4. The van der Waals surface area contributed by atoms with Crippen LogP contribution in [0, 0.1) is 0 Å². The fourth-order valence-corrected chi connectivity index (χ4v) is 4.52.